The van der Waals surface area contributed by atoms with Gasteiger partial charge in [0.15, 0.2) is 0 Å². The molecule has 2 fully saturated rings. The van der Waals surface area contributed by atoms with Crippen molar-refractivity contribution in [3.63, 3.8) is 0 Å². The van der Waals surface area contributed by atoms with Crippen LogP contribution in [0.5, 0.6) is 0 Å². The zero-order valence-electron chi connectivity index (χ0n) is 11.0. The van der Waals surface area contributed by atoms with Crippen LogP contribution in [0.4, 0.5) is 0 Å². The number of rotatable bonds is 0. The standard InChI is InChI=1S/C15H24O/c1-9-5-6-12-11(8-15(12,4)16)13-10(9)7-14(13,2)3/h11-13,16H,5-8H2,1-4H3. The fraction of sp³-hybridized carbons (Fsp3) is 0.867. The van der Waals surface area contributed by atoms with E-state index in [9.17, 15) is 5.11 Å². The van der Waals surface area contributed by atoms with Gasteiger partial charge in [-0.2, -0.15) is 0 Å². The summed E-state index contributed by atoms with van der Waals surface area (Å²) in [6.45, 7) is 9.17. The largest absolute Gasteiger partial charge is 0.390 e. The molecule has 0 aromatic heterocycles. The van der Waals surface area contributed by atoms with E-state index >= 15 is 0 Å². The van der Waals surface area contributed by atoms with E-state index in [1.54, 1.807) is 11.1 Å². The molecule has 0 aliphatic heterocycles. The van der Waals surface area contributed by atoms with E-state index < -0.39 is 0 Å². The minimum absolute atomic E-state index is 0.369. The molecule has 90 valence electrons. The van der Waals surface area contributed by atoms with Gasteiger partial charge in [-0.3, -0.25) is 0 Å². The molecule has 3 rings (SSSR count). The summed E-state index contributed by atoms with van der Waals surface area (Å²) in [4.78, 5) is 0. The maximum Gasteiger partial charge on any atom is 0.0653 e. The molecule has 4 atom stereocenters. The van der Waals surface area contributed by atoms with Gasteiger partial charge in [-0.05, 0) is 62.7 Å². The minimum atomic E-state index is -0.369. The van der Waals surface area contributed by atoms with E-state index in [0.717, 1.165) is 18.3 Å². The van der Waals surface area contributed by atoms with Gasteiger partial charge in [0.25, 0.3) is 0 Å². The second kappa shape index (κ2) is 2.93. The van der Waals surface area contributed by atoms with E-state index in [1.165, 1.54) is 19.3 Å². The fourth-order valence-electron chi connectivity index (χ4n) is 4.78. The number of hydrogen-bond donors (Lipinski definition) is 1. The Morgan fingerprint density at radius 1 is 1.25 bits per heavy atom. The van der Waals surface area contributed by atoms with Crippen molar-refractivity contribution in [3.8, 4) is 0 Å². The first kappa shape index (κ1) is 10.8. The fourth-order valence-corrected chi connectivity index (χ4v) is 4.78. The molecule has 0 amide bonds. The predicted molar refractivity (Wildman–Crippen MR) is 66.0 cm³/mol. The highest BCUT2D eigenvalue weighted by atomic mass is 16.3. The van der Waals surface area contributed by atoms with Crippen LogP contribution in [0.1, 0.15) is 53.4 Å². The summed E-state index contributed by atoms with van der Waals surface area (Å²) in [6.07, 6.45) is 4.76. The van der Waals surface area contributed by atoms with E-state index in [2.05, 4.69) is 20.8 Å². The summed E-state index contributed by atoms with van der Waals surface area (Å²) in [7, 11) is 0. The molecule has 16 heavy (non-hydrogen) atoms. The molecular formula is C15H24O. The normalized spacial score (nSPS) is 49.7. The highest BCUT2D eigenvalue weighted by Crippen LogP contribution is 2.65. The third-order valence-electron chi connectivity index (χ3n) is 5.63. The SMILES string of the molecule is CC1=C2CC(C)(C)C2C2CC(C)(O)C2CC1. The van der Waals surface area contributed by atoms with Gasteiger partial charge in [-0.15, -0.1) is 0 Å². The molecule has 4 unspecified atom stereocenters. The summed E-state index contributed by atoms with van der Waals surface area (Å²) in [5.41, 5.74) is 3.49. The van der Waals surface area contributed by atoms with Gasteiger partial charge in [0.2, 0.25) is 0 Å². The van der Waals surface area contributed by atoms with E-state index in [-0.39, 0.29) is 5.60 Å². The van der Waals surface area contributed by atoms with Crippen molar-refractivity contribution in [2.45, 2.75) is 59.0 Å². The first-order valence-corrected chi connectivity index (χ1v) is 6.74. The molecule has 0 saturated heterocycles. The summed E-state index contributed by atoms with van der Waals surface area (Å²) in [5, 5.41) is 10.3. The zero-order chi connectivity index (χ0) is 11.7. The van der Waals surface area contributed by atoms with Crippen LogP contribution in [-0.4, -0.2) is 10.7 Å². The van der Waals surface area contributed by atoms with Gasteiger partial charge in [0.05, 0.1) is 5.60 Å². The lowest BCUT2D eigenvalue weighted by Gasteiger charge is -2.60. The van der Waals surface area contributed by atoms with Crippen LogP contribution in [0.25, 0.3) is 0 Å². The van der Waals surface area contributed by atoms with Crippen molar-refractivity contribution >= 4 is 0 Å². The van der Waals surface area contributed by atoms with Crippen molar-refractivity contribution in [1.82, 2.24) is 0 Å². The third kappa shape index (κ3) is 1.21. The lowest BCUT2D eigenvalue weighted by molar-refractivity contribution is -0.161. The minimum Gasteiger partial charge on any atom is -0.390 e. The first-order valence-electron chi connectivity index (χ1n) is 6.74. The van der Waals surface area contributed by atoms with E-state index in [0.29, 0.717) is 11.3 Å². The summed E-state index contributed by atoms with van der Waals surface area (Å²) in [5.74, 6) is 2.11. The molecule has 0 aromatic rings. The lowest BCUT2D eigenvalue weighted by Crippen LogP contribution is -2.58. The molecule has 3 aliphatic carbocycles. The Hall–Kier alpha value is -0.300. The third-order valence-corrected chi connectivity index (χ3v) is 5.63. The van der Waals surface area contributed by atoms with Gasteiger partial charge in [-0.1, -0.05) is 25.0 Å². The van der Waals surface area contributed by atoms with Gasteiger partial charge in [-0.25, -0.2) is 0 Å². The van der Waals surface area contributed by atoms with Gasteiger partial charge < -0.3 is 5.11 Å². The van der Waals surface area contributed by atoms with E-state index in [1.807, 2.05) is 6.92 Å². The van der Waals surface area contributed by atoms with Crippen molar-refractivity contribution in [3.05, 3.63) is 11.1 Å². The second-order valence-corrected chi connectivity index (χ2v) is 7.32. The monoisotopic (exact) mass is 220 g/mol. The zero-order valence-corrected chi connectivity index (χ0v) is 11.0. The molecular weight excluding hydrogens is 196 g/mol. The highest BCUT2D eigenvalue weighted by molar-refractivity contribution is 5.32. The Labute approximate surface area is 98.9 Å². The molecule has 0 heterocycles. The van der Waals surface area contributed by atoms with Crippen LogP contribution >= 0.6 is 0 Å². The number of allylic oxidation sites excluding steroid dienone is 2. The molecule has 0 bridgehead atoms. The number of fused-ring (bicyclic) bond motifs is 3. The predicted octanol–water partition coefficient (Wildman–Crippen LogP) is 3.53. The highest BCUT2D eigenvalue weighted by Gasteiger charge is 2.60. The average Bonchev–Trinajstić information content (AvgIpc) is 2.21. The van der Waals surface area contributed by atoms with Crippen LogP contribution in [0.2, 0.25) is 0 Å². The maximum absolute atomic E-state index is 10.3. The Kier molecular flexibility index (Phi) is 1.98. The molecule has 0 spiro atoms. The Morgan fingerprint density at radius 2 is 1.94 bits per heavy atom. The van der Waals surface area contributed by atoms with Gasteiger partial charge in [0.1, 0.15) is 0 Å². The summed E-state index contributed by atoms with van der Waals surface area (Å²) < 4.78 is 0. The van der Waals surface area contributed by atoms with Crippen LogP contribution in [0.15, 0.2) is 11.1 Å². The second-order valence-electron chi connectivity index (χ2n) is 7.32. The average molecular weight is 220 g/mol. The maximum atomic E-state index is 10.3. The number of hydrogen-bond acceptors (Lipinski definition) is 1. The van der Waals surface area contributed by atoms with Crippen LogP contribution in [0, 0.1) is 23.2 Å². The van der Waals surface area contributed by atoms with Crippen molar-refractivity contribution in [1.29, 1.82) is 0 Å². The quantitative estimate of drug-likeness (QED) is 0.619. The molecule has 1 N–H and O–H groups in total. The first-order chi connectivity index (χ1) is 7.33. The molecule has 1 nitrogen and oxygen atoms in total. The molecule has 0 aromatic carbocycles. The summed E-state index contributed by atoms with van der Waals surface area (Å²) in [6, 6.07) is 0. The molecule has 0 radical (unpaired) electrons. The molecule has 1 heteroatoms. The Morgan fingerprint density at radius 3 is 2.50 bits per heavy atom. The van der Waals surface area contributed by atoms with Crippen molar-refractivity contribution in [2.75, 3.05) is 0 Å². The van der Waals surface area contributed by atoms with Gasteiger partial charge >= 0.3 is 0 Å². The van der Waals surface area contributed by atoms with E-state index in [4.69, 9.17) is 0 Å². The topological polar surface area (TPSA) is 20.2 Å². The smallest absolute Gasteiger partial charge is 0.0653 e. The summed E-state index contributed by atoms with van der Waals surface area (Å²) >= 11 is 0. The number of aliphatic hydroxyl groups is 1. The van der Waals surface area contributed by atoms with Crippen LogP contribution < -0.4 is 0 Å². The Balaban J connectivity index is 1.93. The Bertz CT molecular complexity index is 362. The van der Waals surface area contributed by atoms with Crippen molar-refractivity contribution in [2.24, 2.45) is 23.2 Å². The molecule has 3 aliphatic rings. The van der Waals surface area contributed by atoms with Gasteiger partial charge in [0, 0.05) is 0 Å². The molecule has 2 saturated carbocycles. The van der Waals surface area contributed by atoms with Crippen LogP contribution in [0.3, 0.4) is 0 Å². The lowest BCUT2D eigenvalue weighted by atomic mass is 9.46. The van der Waals surface area contributed by atoms with Crippen molar-refractivity contribution < 1.29 is 5.11 Å². The van der Waals surface area contributed by atoms with Crippen LogP contribution in [-0.2, 0) is 0 Å².